The molecule has 1 spiro atoms. The molecule has 0 radical (unpaired) electrons. The highest BCUT2D eigenvalue weighted by atomic mass is 32.2. The third-order valence-electron chi connectivity index (χ3n) is 3.83. The van der Waals surface area contributed by atoms with Crippen LogP contribution < -0.4 is 0 Å². The minimum absolute atomic E-state index is 0.115. The van der Waals surface area contributed by atoms with Gasteiger partial charge in [0, 0.05) is 12.4 Å². The van der Waals surface area contributed by atoms with Crippen LogP contribution in [0.4, 0.5) is 0 Å². The second-order valence-electron chi connectivity index (χ2n) is 4.86. The van der Waals surface area contributed by atoms with Crippen molar-refractivity contribution in [3.63, 3.8) is 0 Å². The molecule has 1 aliphatic heterocycles. The van der Waals surface area contributed by atoms with Crippen LogP contribution >= 0.6 is 11.8 Å². The van der Waals surface area contributed by atoms with E-state index >= 15 is 0 Å². The van der Waals surface area contributed by atoms with Gasteiger partial charge in [-0.15, -0.1) is 0 Å². The Morgan fingerprint density at radius 2 is 2.33 bits per heavy atom. The van der Waals surface area contributed by atoms with Crippen LogP contribution in [0.5, 0.6) is 0 Å². The summed E-state index contributed by atoms with van der Waals surface area (Å²) in [5.41, 5.74) is 0.181. The highest BCUT2D eigenvalue weighted by Gasteiger charge is 2.43. The van der Waals surface area contributed by atoms with Crippen molar-refractivity contribution in [3.05, 3.63) is 0 Å². The SMILES string of the molecule is CCSCC(O)C1CCOC2(CCC2)C1. The molecule has 2 nitrogen and oxygen atoms in total. The predicted molar refractivity (Wildman–Crippen MR) is 64.3 cm³/mol. The number of aliphatic hydroxyl groups is 1. The molecule has 1 heterocycles. The van der Waals surface area contributed by atoms with Gasteiger partial charge in [0.05, 0.1) is 11.7 Å². The van der Waals surface area contributed by atoms with Gasteiger partial charge in [0.25, 0.3) is 0 Å². The first-order chi connectivity index (χ1) is 7.26. The number of thioether (sulfide) groups is 1. The molecule has 3 heteroatoms. The third-order valence-corrected chi connectivity index (χ3v) is 4.82. The largest absolute Gasteiger partial charge is 0.392 e. The molecule has 1 N–H and O–H groups in total. The first kappa shape index (κ1) is 11.7. The number of rotatable bonds is 4. The summed E-state index contributed by atoms with van der Waals surface area (Å²) in [6, 6.07) is 0. The van der Waals surface area contributed by atoms with Gasteiger partial charge in [-0.25, -0.2) is 0 Å². The Hall–Kier alpha value is 0.270. The van der Waals surface area contributed by atoms with Gasteiger partial charge in [0.2, 0.25) is 0 Å². The second kappa shape index (κ2) is 5.07. The molecular formula is C12H22O2S. The summed E-state index contributed by atoms with van der Waals surface area (Å²) < 4.78 is 5.87. The minimum Gasteiger partial charge on any atom is -0.392 e. The lowest BCUT2D eigenvalue weighted by molar-refractivity contribution is -0.154. The summed E-state index contributed by atoms with van der Waals surface area (Å²) in [4.78, 5) is 0. The first-order valence-corrected chi connectivity index (χ1v) is 7.31. The Balaban J connectivity index is 1.81. The summed E-state index contributed by atoms with van der Waals surface area (Å²) >= 11 is 1.84. The van der Waals surface area contributed by atoms with Gasteiger partial charge in [0.1, 0.15) is 0 Å². The van der Waals surface area contributed by atoms with E-state index in [9.17, 15) is 5.11 Å². The lowest BCUT2D eigenvalue weighted by atomic mass is 9.71. The lowest BCUT2D eigenvalue weighted by Crippen LogP contribution is -2.48. The zero-order valence-electron chi connectivity index (χ0n) is 9.58. The normalized spacial score (nSPS) is 31.2. The van der Waals surface area contributed by atoms with Crippen molar-refractivity contribution < 1.29 is 9.84 Å². The van der Waals surface area contributed by atoms with E-state index in [-0.39, 0.29) is 11.7 Å². The average Bonchev–Trinajstić information content (AvgIpc) is 2.24. The predicted octanol–water partition coefficient (Wildman–Crippen LogP) is 2.45. The van der Waals surface area contributed by atoms with Crippen molar-refractivity contribution in [2.45, 2.75) is 50.7 Å². The van der Waals surface area contributed by atoms with Gasteiger partial charge in [-0.3, -0.25) is 0 Å². The number of aliphatic hydroxyl groups excluding tert-OH is 1. The second-order valence-corrected chi connectivity index (χ2v) is 6.18. The van der Waals surface area contributed by atoms with Crippen molar-refractivity contribution >= 4 is 11.8 Å². The van der Waals surface area contributed by atoms with Crippen LogP contribution in [0.3, 0.4) is 0 Å². The molecule has 1 aliphatic carbocycles. The van der Waals surface area contributed by atoms with Gasteiger partial charge in [0.15, 0.2) is 0 Å². The monoisotopic (exact) mass is 230 g/mol. The Kier molecular flexibility index (Phi) is 3.97. The molecular weight excluding hydrogens is 208 g/mol. The zero-order chi connectivity index (χ0) is 10.7. The van der Waals surface area contributed by atoms with Crippen LogP contribution in [0.2, 0.25) is 0 Å². The number of hydrogen-bond donors (Lipinski definition) is 1. The Morgan fingerprint density at radius 1 is 1.53 bits per heavy atom. The number of ether oxygens (including phenoxy) is 1. The maximum atomic E-state index is 10.1. The molecule has 2 atom stereocenters. The van der Waals surface area contributed by atoms with Gasteiger partial charge < -0.3 is 9.84 Å². The molecule has 0 aromatic rings. The molecule has 0 aromatic carbocycles. The maximum absolute atomic E-state index is 10.1. The van der Waals surface area contributed by atoms with E-state index < -0.39 is 0 Å². The van der Waals surface area contributed by atoms with Gasteiger partial charge in [-0.05, 0) is 43.8 Å². The van der Waals surface area contributed by atoms with Crippen LogP contribution in [0.15, 0.2) is 0 Å². The smallest absolute Gasteiger partial charge is 0.0686 e. The van der Waals surface area contributed by atoms with E-state index in [0.717, 1.165) is 31.0 Å². The standard InChI is InChI=1S/C12H22O2S/c1-2-15-9-11(13)10-4-7-14-12(8-10)5-3-6-12/h10-11,13H,2-9H2,1H3. The molecule has 2 fully saturated rings. The molecule has 88 valence electrons. The Bertz CT molecular complexity index is 204. The minimum atomic E-state index is -0.115. The van der Waals surface area contributed by atoms with Gasteiger partial charge >= 0.3 is 0 Å². The highest BCUT2D eigenvalue weighted by Crippen LogP contribution is 2.45. The summed E-state index contributed by atoms with van der Waals surface area (Å²) in [6.45, 7) is 3.01. The van der Waals surface area contributed by atoms with Crippen molar-refractivity contribution in [3.8, 4) is 0 Å². The summed E-state index contributed by atoms with van der Waals surface area (Å²) in [5, 5.41) is 10.1. The molecule has 2 rings (SSSR count). The lowest BCUT2D eigenvalue weighted by Gasteiger charge is -2.48. The van der Waals surface area contributed by atoms with Crippen molar-refractivity contribution in [1.29, 1.82) is 0 Å². The van der Waals surface area contributed by atoms with Crippen molar-refractivity contribution in [2.24, 2.45) is 5.92 Å². The van der Waals surface area contributed by atoms with E-state index in [0.29, 0.717) is 5.92 Å². The number of hydrogen-bond acceptors (Lipinski definition) is 3. The zero-order valence-corrected chi connectivity index (χ0v) is 10.4. The van der Waals surface area contributed by atoms with E-state index in [1.807, 2.05) is 11.8 Å². The van der Waals surface area contributed by atoms with E-state index in [1.165, 1.54) is 19.3 Å². The molecule has 0 bridgehead atoms. The first-order valence-electron chi connectivity index (χ1n) is 6.15. The van der Waals surface area contributed by atoms with E-state index in [1.54, 1.807) is 0 Å². The van der Waals surface area contributed by atoms with Crippen LogP contribution in [0, 0.1) is 5.92 Å². The van der Waals surface area contributed by atoms with Crippen LogP contribution in [-0.4, -0.2) is 34.9 Å². The molecule has 1 saturated heterocycles. The third kappa shape index (κ3) is 2.69. The van der Waals surface area contributed by atoms with Crippen LogP contribution in [-0.2, 0) is 4.74 Å². The fraction of sp³-hybridized carbons (Fsp3) is 1.00. The van der Waals surface area contributed by atoms with E-state index in [2.05, 4.69) is 6.92 Å². The summed E-state index contributed by atoms with van der Waals surface area (Å²) in [5.74, 6) is 2.49. The molecule has 2 unspecified atom stereocenters. The fourth-order valence-corrected chi connectivity index (χ4v) is 3.44. The van der Waals surface area contributed by atoms with Crippen LogP contribution in [0.25, 0.3) is 0 Å². The summed E-state index contributed by atoms with van der Waals surface area (Å²) in [7, 11) is 0. The highest BCUT2D eigenvalue weighted by molar-refractivity contribution is 7.99. The molecule has 0 amide bonds. The maximum Gasteiger partial charge on any atom is 0.0686 e. The van der Waals surface area contributed by atoms with Crippen molar-refractivity contribution in [2.75, 3.05) is 18.1 Å². The van der Waals surface area contributed by atoms with E-state index in [4.69, 9.17) is 4.74 Å². The fourth-order valence-electron chi connectivity index (χ4n) is 2.69. The Morgan fingerprint density at radius 3 is 2.93 bits per heavy atom. The summed E-state index contributed by atoms with van der Waals surface area (Å²) in [6.07, 6.45) is 5.78. The van der Waals surface area contributed by atoms with Crippen molar-refractivity contribution in [1.82, 2.24) is 0 Å². The van der Waals surface area contributed by atoms with Gasteiger partial charge in [-0.2, -0.15) is 11.8 Å². The molecule has 1 saturated carbocycles. The molecule has 15 heavy (non-hydrogen) atoms. The van der Waals surface area contributed by atoms with Crippen LogP contribution in [0.1, 0.15) is 39.0 Å². The van der Waals surface area contributed by atoms with Gasteiger partial charge in [-0.1, -0.05) is 6.92 Å². The quantitative estimate of drug-likeness (QED) is 0.804. The Labute approximate surface area is 96.8 Å². The average molecular weight is 230 g/mol. The molecule has 2 aliphatic rings. The molecule has 0 aromatic heterocycles. The topological polar surface area (TPSA) is 29.5 Å².